The summed E-state index contributed by atoms with van der Waals surface area (Å²) in [6.45, 7) is 7.02. The molecule has 180 valence electrons. The van der Waals surface area contributed by atoms with Gasteiger partial charge in [-0.2, -0.15) is 0 Å². The number of hydrogen-bond acceptors (Lipinski definition) is 6. The minimum atomic E-state index is -1.17. The molecule has 3 heterocycles. The number of aliphatic hydroxyl groups excluding tert-OH is 1. The van der Waals surface area contributed by atoms with Gasteiger partial charge >= 0.3 is 5.97 Å². The first-order chi connectivity index (χ1) is 15.7. The molecule has 3 saturated heterocycles. The van der Waals surface area contributed by atoms with E-state index in [-0.39, 0.29) is 19.1 Å². The third-order valence-electron chi connectivity index (χ3n) is 7.62. The van der Waals surface area contributed by atoms with Gasteiger partial charge in [-0.3, -0.25) is 14.4 Å². The number of likely N-dealkylation sites (tertiary alicyclic amines) is 1. The summed E-state index contributed by atoms with van der Waals surface area (Å²) < 4.78 is 11.9. The maximum Gasteiger partial charge on any atom is 0.312 e. The van der Waals surface area contributed by atoms with Gasteiger partial charge in [0.25, 0.3) is 0 Å². The first-order valence-electron chi connectivity index (χ1n) is 11.5. The lowest BCUT2D eigenvalue weighted by Gasteiger charge is -2.36. The molecule has 9 heteroatoms. The molecule has 33 heavy (non-hydrogen) atoms. The third kappa shape index (κ3) is 3.37. The van der Waals surface area contributed by atoms with Crippen molar-refractivity contribution in [1.29, 1.82) is 0 Å². The second-order valence-corrected chi connectivity index (χ2v) is 9.69. The lowest BCUT2D eigenvalue weighted by atomic mass is 9.65. The van der Waals surface area contributed by atoms with Gasteiger partial charge in [0.05, 0.1) is 41.5 Å². The van der Waals surface area contributed by atoms with Gasteiger partial charge in [-0.1, -0.05) is 30.7 Å². The van der Waals surface area contributed by atoms with Crippen LogP contribution in [0.5, 0.6) is 0 Å². The Morgan fingerprint density at radius 1 is 1.36 bits per heavy atom. The zero-order chi connectivity index (χ0) is 24.1. The predicted octanol–water partition coefficient (Wildman–Crippen LogP) is 2.69. The van der Waals surface area contributed by atoms with Gasteiger partial charge in [0, 0.05) is 0 Å². The molecule has 1 spiro atoms. The number of amides is 2. The van der Waals surface area contributed by atoms with Crippen LogP contribution in [0.4, 0.5) is 5.69 Å². The quantitative estimate of drug-likeness (QED) is 0.584. The minimum absolute atomic E-state index is 0.190. The van der Waals surface area contributed by atoms with Gasteiger partial charge in [0.15, 0.2) is 0 Å². The maximum atomic E-state index is 13.8. The Morgan fingerprint density at radius 2 is 2.09 bits per heavy atom. The van der Waals surface area contributed by atoms with Crippen molar-refractivity contribution in [2.24, 2.45) is 11.8 Å². The molecular formula is C24H31ClN2O6. The number of aliphatic hydroxyl groups is 1. The van der Waals surface area contributed by atoms with Crippen LogP contribution in [0.2, 0.25) is 5.02 Å². The maximum absolute atomic E-state index is 13.8. The zero-order valence-corrected chi connectivity index (χ0v) is 20.1. The normalized spacial score (nSPS) is 33.2. The summed E-state index contributed by atoms with van der Waals surface area (Å²) in [7, 11) is 0. The second-order valence-electron chi connectivity index (χ2n) is 9.28. The average molecular weight is 479 g/mol. The van der Waals surface area contributed by atoms with Crippen molar-refractivity contribution in [3.05, 3.63) is 28.8 Å². The van der Waals surface area contributed by atoms with Crippen molar-refractivity contribution in [3.8, 4) is 0 Å². The summed E-state index contributed by atoms with van der Waals surface area (Å²) in [5.41, 5.74) is -0.775. The highest BCUT2D eigenvalue weighted by atomic mass is 35.5. The summed E-state index contributed by atoms with van der Waals surface area (Å²) in [6.07, 6.45) is 1.53. The summed E-state index contributed by atoms with van der Waals surface area (Å²) in [5, 5.41) is 13.2. The van der Waals surface area contributed by atoms with Crippen molar-refractivity contribution >= 4 is 35.1 Å². The van der Waals surface area contributed by atoms with Crippen LogP contribution in [-0.4, -0.2) is 64.3 Å². The molecule has 3 fully saturated rings. The monoisotopic (exact) mass is 478 g/mol. The molecule has 0 aliphatic carbocycles. The molecule has 0 aromatic heterocycles. The number of rotatable bonds is 7. The van der Waals surface area contributed by atoms with E-state index in [1.54, 1.807) is 26.0 Å². The van der Waals surface area contributed by atoms with E-state index in [1.165, 1.54) is 4.90 Å². The molecule has 2 amide bonds. The number of ether oxygens (including phenoxy) is 2. The van der Waals surface area contributed by atoms with Crippen LogP contribution >= 0.6 is 11.6 Å². The Morgan fingerprint density at radius 3 is 2.70 bits per heavy atom. The fraction of sp³-hybridized carbons (Fsp3) is 0.625. The molecular weight excluding hydrogens is 448 g/mol. The number of nitrogens with one attached hydrogen (secondary N) is 1. The number of carbonyl (C=O) groups is 3. The van der Waals surface area contributed by atoms with Gasteiger partial charge < -0.3 is 24.8 Å². The van der Waals surface area contributed by atoms with E-state index in [1.807, 2.05) is 19.9 Å². The highest BCUT2D eigenvalue weighted by Gasteiger charge is 2.79. The molecule has 1 aromatic carbocycles. The van der Waals surface area contributed by atoms with Crippen molar-refractivity contribution in [2.75, 3.05) is 18.5 Å². The Bertz CT molecular complexity index is 965. The SMILES string of the molecule is CCOC(=O)[C@H]1[C@H]2C(=O)N([C@H](C)CO)C(C(=O)Nc3c(C)cccc3Cl)C23CC[C@]1(CC)O3. The van der Waals surface area contributed by atoms with E-state index >= 15 is 0 Å². The highest BCUT2D eigenvalue weighted by molar-refractivity contribution is 6.34. The van der Waals surface area contributed by atoms with E-state index in [0.29, 0.717) is 30.0 Å². The predicted molar refractivity (Wildman–Crippen MR) is 122 cm³/mol. The number of aryl methyl sites for hydroxylation is 1. The Kier molecular flexibility index (Phi) is 6.22. The van der Waals surface area contributed by atoms with Crippen molar-refractivity contribution in [1.82, 2.24) is 4.90 Å². The number of fused-ring (bicyclic) bond motifs is 1. The molecule has 6 atom stereocenters. The molecule has 1 aromatic rings. The average Bonchev–Trinajstić information content (AvgIpc) is 3.39. The van der Waals surface area contributed by atoms with Crippen LogP contribution in [0.25, 0.3) is 0 Å². The van der Waals surface area contributed by atoms with Gasteiger partial charge in [-0.25, -0.2) is 0 Å². The van der Waals surface area contributed by atoms with E-state index in [2.05, 4.69) is 5.32 Å². The van der Waals surface area contributed by atoms with Crippen LogP contribution in [0, 0.1) is 18.8 Å². The molecule has 2 unspecified atom stereocenters. The molecule has 2 bridgehead atoms. The number of hydrogen-bond donors (Lipinski definition) is 2. The molecule has 2 N–H and O–H groups in total. The standard InChI is InChI=1S/C24H31ClN2O6/c1-5-23-10-11-24(33-23)16(17(23)22(31)32-6-2)21(30)27(14(4)12-28)19(24)20(29)26-18-13(3)8-7-9-15(18)25/h7-9,14,16-17,19,28H,5-6,10-12H2,1-4H3,(H,26,29)/t14-,16+,17-,19?,23+,24?/m1/s1. The summed E-state index contributed by atoms with van der Waals surface area (Å²) >= 11 is 6.34. The lowest BCUT2D eigenvalue weighted by Crippen LogP contribution is -2.56. The number of carbonyl (C=O) groups excluding carboxylic acids is 3. The Hall–Kier alpha value is -2.16. The van der Waals surface area contributed by atoms with Gasteiger partial charge in [0.2, 0.25) is 11.8 Å². The van der Waals surface area contributed by atoms with Gasteiger partial charge in [-0.05, 0) is 51.7 Å². The Balaban J connectivity index is 1.80. The number of halogens is 1. The molecule has 0 saturated carbocycles. The topological polar surface area (TPSA) is 105 Å². The van der Waals surface area contributed by atoms with Crippen LogP contribution in [-0.2, 0) is 23.9 Å². The van der Waals surface area contributed by atoms with Crippen molar-refractivity contribution in [3.63, 3.8) is 0 Å². The third-order valence-corrected chi connectivity index (χ3v) is 7.93. The van der Waals surface area contributed by atoms with Crippen LogP contribution < -0.4 is 5.32 Å². The number of anilines is 1. The largest absolute Gasteiger partial charge is 0.466 e. The van der Waals surface area contributed by atoms with Crippen molar-refractivity contribution < 1.29 is 29.0 Å². The number of nitrogens with zero attached hydrogens (tertiary/aromatic N) is 1. The van der Waals surface area contributed by atoms with Crippen LogP contribution in [0.1, 0.15) is 45.6 Å². The van der Waals surface area contributed by atoms with E-state index in [0.717, 1.165) is 5.56 Å². The lowest BCUT2D eigenvalue weighted by molar-refractivity contribution is -0.161. The number of esters is 1. The summed E-state index contributed by atoms with van der Waals surface area (Å²) in [5.74, 6) is -2.92. The molecule has 8 nitrogen and oxygen atoms in total. The second kappa shape index (κ2) is 8.56. The van der Waals surface area contributed by atoms with Crippen molar-refractivity contribution in [2.45, 2.75) is 70.2 Å². The van der Waals surface area contributed by atoms with Crippen LogP contribution in [0.3, 0.4) is 0 Å². The first-order valence-corrected chi connectivity index (χ1v) is 11.9. The first kappa shape index (κ1) is 24.0. The molecule has 0 radical (unpaired) electrons. The van der Waals surface area contributed by atoms with Gasteiger partial charge in [0.1, 0.15) is 17.6 Å². The van der Waals surface area contributed by atoms with E-state index in [9.17, 15) is 19.5 Å². The fourth-order valence-electron chi connectivity index (χ4n) is 6.09. The van der Waals surface area contributed by atoms with E-state index < -0.39 is 47.0 Å². The fourth-order valence-corrected chi connectivity index (χ4v) is 6.36. The van der Waals surface area contributed by atoms with Crippen LogP contribution in [0.15, 0.2) is 18.2 Å². The Labute approximate surface area is 198 Å². The smallest absolute Gasteiger partial charge is 0.312 e. The molecule has 3 aliphatic heterocycles. The summed E-state index contributed by atoms with van der Waals surface area (Å²) in [6, 6.07) is 3.65. The highest BCUT2D eigenvalue weighted by Crippen LogP contribution is 2.64. The number of para-hydroxylation sites is 1. The summed E-state index contributed by atoms with van der Waals surface area (Å²) in [4.78, 5) is 42.0. The molecule has 4 rings (SSSR count). The minimum Gasteiger partial charge on any atom is -0.466 e. The van der Waals surface area contributed by atoms with Gasteiger partial charge in [-0.15, -0.1) is 0 Å². The molecule has 3 aliphatic rings. The number of benzene rings is 1. The zero-order valence-electron chi connectivity index (χ0n) is 19.4. The van der Waals surface area contributed by atoms with E-state index in [4.69, 9.17) is 21.1 Å².